The van der Waals surface area contributed by atoms with Crippen LogP contribution < -0.4 is 5.73 Å². The summed E-state index contributed by atoms with van der Waals surface area (Å²) in [5.74, 6) is -0.315. The molecule has 1 aliphatic carbocycles. The maximum Gasteiger partial charge on any atom is 0.242 e. The van der Waals surface area contributed by atoms with E-state index in [0.29, 0.717) is 31.7 Å². The summed E-state index contributed by atoms with van der Waals surface area (Å²) in [6.45, 7) is 2.29. The summed E-state index contributed by atoms with van der Waals surface area (Å²) in [6.07, 6.45) is 5.61. The third kappa shape index (κ3) is 4.41. The Morgan fingerprint density at radius 3 is 2.42 bits per heavy atom. The zero-order chi connectivity index (χ0) is 18.6. The van der Waals surface area contributed by atoms with Gasteiger partial charge in [0.2, 0.25) is 11.8 Å². The van der Waals surface area contributed by atoms with Crippen molar-refractivity contribution in [1.82, 2.24) is 9.80 Å². The van der Waals surface area contributed by atoms with E-state index in [1.165, 1.54) is 12.1 Å². The maximum atomic E-state index is 13.3. The summed E-state index contributed by atoms with van der Waals surface area (Å²) in [7, 11) is 0. The third-order valence-electron chi connectivity index (χ3n) is 5.55. The molecule has 1 aromatic rings. The van der Waals surface area contributed by atoms with Crippen molar-refractivity contribution in [2.24, 2.45) is 5.73 Å². The molecule has 5 nitrogen and oxygen atoms in total. The highest BCUT2D eigenvalue weighted by Gasteiger charge is 2.38. The molecule has 1 aromatic carbocycles. The lowest BCUT2D eigenvalue weighted by Crippen LogP contribution is -2.56. The van der Waals surface area contributed by atoms with Gasteiger partial charge in [0.1, 0.15) is 5.82 Å². The van der Waals surface area contributed by atoms with Crippen LogP contribution >= 0.6 is 0 Å². The average Bonchev–Trinajstić information content (AvgIpc) is 2.88. The lowest BCUT2D eigenvalue weighted by Gasteiger charge is -2.36. The van der Waals surface area contributed by atoms with Crippen molar-refractivity contribution in [3.8, 4) is 0 Å². The number of rotatable bonds is 3. The molecule has 0 atom stereocenters. The van der Waals surface area contributed by atoms with Crippen molar-refractivity contribution in [3.05, 3.63) is 35.6 Å². The Labute approximate surface area is 154 Å². The second-order valence-electron chi connectivity index (χ2n) is 7.55. The number of nitrogens with two attached hydrogens (primary N) is 1. The smallest absolute Gasteiger partial charge is 0.242 e. The van der Waals surface area contributed by atoms with Gasteiger partial charge in [-0.15, -0.1) is 0 Å². The fourth-order valence-electron chi connectivity index (χ4n) is 4.01. The van der Waals surface area contributed by atoms with Gasteiger partial charge in [0.05, 0.1) is 12.0 Å². The standard InChI is InChI=1S/C20H28FN3O2/c21-17-7-4-6-16(14-17)15-18(25)23-10-5-11-24(13-12-23)19(26)20(22)8-2-1-3-9-20/h4,6-7,14H,1-3,5,8-13,15,22H2. The van der Waals surface area contributed by atoms with Crippen molar-refractivity contribution < 1.29 is 14.0 Å². The molecule has 1 saturated heterocycles. The number of nitrogens with zero attached hydrogens (tertiary/aromatic N) is 2. The maximum absolute atomic E-state index is 13.3. The molecule has 1 saturated carbocycles. The Morgan fingerprint density at radius 2 is 1.69 bits per heavy atom. The number of hydrogen-bond donors (Lipinski definition) is 1. The zero-order valence-electron chi connectivity index (χ0n) is 15.3. The first-order chi connectivity index (χ1) is 12.5. The van der Waals surface area contributed by atoms with Gasteiger partial charge in [-0.1, -0.05) is 31.4 Å². The molecule has 2 amide bonds. The number of carbonyl (C=O) groups excluding carboxylic acids is 2. The molecule has 2 fully saturated rings. The van der Waals surface area contributed by atoms with Gasteiger partial charge in [-0.05, 0) is 37.0 Å². The van der Waals surface area contributed by atoms with Crippen LogP contribution in [0.1, 0.15) is 44.1 Å². The molecule has 0 aromatic heterocycles. The van der Waals surface area contributed by atoms with Gasteiger partial charge in [0.15, 0.2) is 0 Å². The molecule has 6 heteroatoms. The second-order valence-corrected chi connectivity index (χ2v) is 7.55. The van der Waals surface area contributed by atoms with E-state index >= 15 is 0 Å². The minimum absolute atomic E-state index is 0.0231. The summed E-state index contributed by atoms with van der Waals surface area (Å²) >= 11 is 0. The van der Waals surface area contributed by atoms with Gasteiger partial charge < -0.3 is 15.5 Å². The van der Waals surface area contributed by atoms with Crippen LogP contribution in [0.2, 0.25) is 0 Å². The Kier molecular flexibility index (Phi) is 5.91. The molecular formula is C20H28FN3O2. The van der Waals surface area contributed by atoms with E-state index in [2.05, 4.69) is 0 Å². The van der Waals surface area contributed by atoms with E-state index in [1.807, 2.05) is 4.90 Å². The van der Waals surface area contributed by atoms with Crippen LogP contribution in [0, 0.1) is 5.82 Å². The number of carbonyl (C=O) groups is 2. The fourth-order valence-corrected chi connectivity index (χ4v) is 4.01. The highest BCUT2D eigenvalue weighted by Crippen LogP contribution is 2.28. The Morgan fingerprint density at radius 1 is 1.00 bits per heavy atom. The molecular weight excluding hydrogens is 333 g/mol. The highest BCUT2D eigenvalue weighted by atomic mass is 19.1. The molecule has 1 heterocycles. The zero-order valence-corrected chi connectivity index (χ0v) is 15.3. The first-order valence-electron chi connectivity index (χ1n) is 9.58. The summed E-state index contributed by atoms with van der Waals surface area (Å²) < 4.78 is 13.3. The van der Waals surface area contributed by atoms with Crippen LogP contribution in [0.4, 0.5) is 4.39 Å². The van der Waals surface area contributed by atoms with Crippen LogP contribution in [0.5, 0.6) is 0 Å². The third-order valence-corrected chi connectivity index (χ3v) is 5.55. The van der Waals surface area contributed by atoms with E-state index in [0.717, 1.165) is 38.5 Å². The van der Waals surface area contributed by atoms with E-state index < -0.39 is 5.54 Å². The molecule has 0 bridgehead atoms. The Balaban J connectivity index is 1.57. The SMILES string of the molecule is NC1(C(=O)N2CCCN(C(=O)Cc3cccc(F)c3)CC2)CCCCC1. The van der Waals surface area contributed by atoms with Gasteiger partial charge in [-0.2, -0.15) is 0 Å². The Bertz CT molecular complexity index is 658. The predicted octanol–water partition coefficient (Wildman–Crippen LogP) is 2.09. The average molecular weight is 361 g/mol. The van der Waals surface area contributed by atoms with Crippen LogP contribution in [0.3, 0.4) is 0 Å². The molecule has 1 aliphatic heterocycles. The van der Waals surface area contributed by atoms with Crippen LogP contribution in [-0.2, 0) is 16.0 Å². The van der Waals surface area contributed by atoms with Gasteiger partial charge in [0, 0.05) is 26.2 Å². The molecule has 0 unspecified atom stereocenters. The topological polar surface area (TPSA) is 66.6 Å². The van der Waals surface area contributed by atoms with Gasteiger partial charge >= 0.3 is 0 Å². The van der Waals surface area contributed by atoms with Crippen LogP contribution in [0.15, 0.2) is 24.3 Å². The predicted molar refractivity (Wildman–Crippen MR) is 97.9 cm³/mol. The van der Waals surface area contributed by atoms with Crippen molar-refractivity contribution in [1.29, 1.82) is 0 Å². The van der Waals surface area contributed by atoms with Crippen molar-refractivity contribution in [2.45, 2.75) is 50.5 Å². The monoisotopic (exact) mass is 361 g/mol. The minimum Gasteiger partial charge on any atom is -0.341 e. The summed E-state index contributed by atoms with van der Waals surface area (Å²) in [6, 6.07) is 6.14. The van der Waals surface area contributed by atoms with Gasteiger partial charge in [0.25, 0.3) is 0 Å². The van der Waals surface area contributed by atoms with Gasteiger partial charge in [-0.3, -0.25) is 9.59 Å². The number of hydrogen-bond acceptors (Lipinski definition) is 3. The molecule has 26 heavy (non-hydrogen) atoms. The molecule has 0 radical (unpaired) electrons. The number of benzene rings is 1. The molecule has 142 valence electrons. The first-order valence-corrected chi connectivity index (χ1v) is 9.58. The largest absolute Gasteiger partial charge is 0.341 e. The lowest BCUT2D eigenvalue weighted by molar-refractivity contribution is -0.138. The quantitative estimate of drug-likeness (QED) is 0.896. The summed E-state index contributed by atoms with van der Waals surface area (Å²) in [5, 5.41) is 0. The van der Waals surface area contributed by atoms with E-state index in [4.69, 9.17) is 5.73 Å². The Hall–Kier alpha value is -1.95. The van der Waals surface area contributed by atoms with Gasteiger partial charge in [-0.25, -0.2) is 4.39 Å². The molecule has 0 spiro atoms. The first kappa shape index (κ1) is 18.8. The number of amides is 2. The second kappa shape index (κ2) is 8.16. The summed E-state index contributed by atoms with van der Waals surface area (Å²) in [4.78, 5) is 29.1. The van der Waals surface area contributed by atoms with Crippen molar-refractivity contribution in [3.63, 3.8) is 0 Å². The van der Waals surface area contributed by atoms with Crippen molar-refractivity contribution >= 4 is 11.8 Å². The lowest BCUT2D eigenvalue weighted by atomic mass is 9.81. The molecule has 2 aliphatic rings. The molecule has 2 N–H and O–H groups in total. The minimum atomic E-state index is -0.723. The van der Waals surface area contributed by atoms with E-state index in [-0.39, 0.29) is 24.1 Å². The van der Waals surface area contributed by atoms with E-state index in [9.17, 15) is 14.0 Å². The fraction of sp³-hybridized carbons (Fsp3) is 0.600. The number of halogens is 1. The normalized spacial score (nSPS) is 20.5. The van der Waals surface area contributed by atoms with E-state index in [1.54, 1.807) is 17.0 Å². The van der Waals surface area contributed by atoms with Crippen molar-refractivity contribution in [2.75, 3.05) is 26.2 Å². The van der Waals surface area contributed by atoms with Crippen LogP contribution in [0.25, 0.3) is 0 Å². The highest BCUT2D eigenvalue weighted by molar-refractivity contribution is 5.86. The van der Waals surface area contributed by atoms with Crippen LogP contribution in [-0.4, -0.2) is 53.3 Å². The molecule has 3 rings (SSSR count). The summed E-state index contributed by atoms with van der Waals surface area (Å²) in [5.41, 5.74) is 6.34.